The van der Waals surface area contributed by atoms with Crippen LogP contribution in [0.3, 0.4) is 0 Å². The van der Waals surface area contributed by atoms with E-state index in [2.05, 4.69) is 21.4 Å². The number of piperazine rings is 1. The first kappa shape index (κ1) is 22.3. The molecular weight excluding hydrogens is 406 g/mol. The van der Waals surface area contributed by atoms with Gasteiger partial charge in [0.1, 0.15) is 12.0 Å². The first-order valence-corrected chi connectivity index (χ1v) is 11.6. The normalized spacial score (nSPS) is 16.1. The first-order chi connectivity index (χ1) is 14.5. The number of nitrogens with zero attached hydrogens (tertiary/aromatic N) is 4. The number of methoxy groups -OCH3 is 1. The summed E-state index contributed by atoms with van der Waals surface area (Å²) in [6, 6.07) is 9.65. The molecule has 1 aliphatic heterocycles. The molecule has 3 rings (SSSR count). The molecule has 1 N–H and O–H groups in total. The van der Waals surface area contributed by atoms with Crippen molar-refractivity contribution in [2.45, 2.75) is 25.8 Å². The molecular formula is C20H29N5O4S. The zero-order chi connectivity index (χ0) is 21.4. The maximum absolute atomic E-state index is 12.6. The third-order valence-electron chi connectivity index (χ3n) is 4.91. The van der Waals surface area contributed by atoms with E-state index < -0.39 is 10.0 Å². The SMILES string of the molecule is CCNC(=NCc1ccccc1COC)N1CCN(S(=O)(=O)Cc2ccon2)CC1. The van der Waals surface area contributed by atoms with Gasteiger partial charge in [-0.1, -0.05) is 29.4 Å². The van der Waals surface area contributed by atoms with E-state index in [1.54, 1.807) is 13.2 Å². The van der Waals surface area contributed by atoms with Crippen LogP contribution in [0.4, 0.5) is 0 Å². The molecule has 2 aromatic rings. The highest BCUT2D eigenvalue weighted by Gasteiger charge is 2.29. The number of hydrogen-bond donors (Lipinski definition) is 1. The quantitative estimate of drug-likeness (QED) is 0.495. The van der Waals surface area contributed by atoms with Gasteiger partial charge in [0.15, 0.2) is 5.96 Å². The smallest absolute Gasteiger partial charge is 0.220 e. The summed E-state index contributed by atoms with van der Waals surface area (Å²) >= 11 is 0. The molecule has 0 atom stereocenters. The Hall–Kier alpha value is -2.43. The fourth-order valence-corrected chi connectivity index (χ4v) is 4.79. The van der Waals surface area contributed by atoms with Gasteiger partial charge in [-0.3, -0.25) is 0 Å². The summed E-state index contributed by atoms with van der Waals surface area (Å²) in [5, 5.41) is 7.03. The minimum Gasteiger partial charge on any atom is -0.380 e. The van der Waals surface area contributed by atoms with Crippen molar-refractivity contribution in [3.8, 4) is 0 Å². The second-order valence-corrected chi connectivity index (χ2v) is 8.97. The summed E-state index contributed by atoms with van der Waals surface area (Å²) in [5.41, 5.74) is 2.65. The Labute approximate surface area is 177 Å². The predicted molar refractivity (Wildman–Crippen MR) is 114 cm³/mol. The molecule has 1 fully saturated rings. The Morgan fingerprint density at radius 1 is 1.20 bits per heavy atom. The van der Waals surface area contributed by atoms with Gasteiger partial charge in [-0.25, -0.2) is 13.4 Å². The van der Waals surface area contributed by atoms with Crippen LogP contribution in [0.15, 0.2) is 46.1 Å². The summed E-state index contributed by atoms with van der Waals surface area (Å²) in [6.45, 7) is 5.80. The minimum absolute atomic E-state index is 0.145. The molecule has 164 valence electrons. The molecule has 1 aromatic carbocycles. The highest BCUT2D eigenvalue weighted by molar-refractivity contribution is 7.88. The van der Waals surface area contributed by atoms with Crippen LogP contribution in [0.2, 0.25) is 0 Å². The van der Waals surface area contributed by atoms with Gasteiger partial charge in [0.05, 0.1) is 18.8 Å². The number of ether oxygens (including phenoxy) is 1. The van der Waals surface area contributed by atoms with Crippen LogP contribution in [0.25, 0.3) is 0 Å². The van der Waals surface area contributed by atoms with Gasteiger partial charge in [-0.2, -0.15) is 4.31 Å². The first-order valence-electron chi connectivity index (χ1n) is 9.99. The highest BCUT2D eigenvalue weighted by Crippen LogP contribution is 2.14. The highest BCUT2D eigenvalue weighted by atomic mass is 32.2. The van der Waals surface area contributed by atoms with Gasteiger partial charge in [-0.15, -0.1) is 0 Å². The maximum Gasteiger partial charge on any atom is 0.220 e. The monoisotopic (exact) mass is 435 g/mol. The van der Waals surface area contributed by atoms with Crippen molar-refractivity contribution in [1.29, 1.82) is 0 Å². The predicted octanol–water partition coefficient (Wildman–Crippen LogP) is 1.43. The van der Waals surface area contributed by atoms with Gasteiger partial charge < -0.3 is 19.5 Å². The van der Waals surface area contributed by atoms with Crippen molar-refractivity contribution >= 4 is 16.0 Å². The summed E-state index contributed by atoms with van der Waals surface area (Å²) < 4.78 is 36.8. The molecule has 0 unspecified atom stereocenters. The Morgan fingerprint density at radius 3 is 2.57 bits per heavy atom. The maximum atomic E-state index is 12.6. The molecule has 2 heterocycles. The van der Waals surface area contributed by atoms with Crippen LogP contribution < -0.4 is 5.32 Å². The molecule has 9 nitrogen and oxygen atoms in total. The second-order valence-electron chi connectivity index (χ2n) is 7.00. The lowest BCUT2D eigenvalue weighted by Crippen LogP contribution is -2.53. The van der Waals surface area contributed by atoms with E-state index in [-0.39, 0.29) is 5.75 Å². The third kappa shape index (κ3) is 5.80. The molecule has 0 radical (unpaired) electrons. The fourth-order valence-electron chi connectivity index (χ4n) is 3.36. The van der Waals surface area contributed by atoms with Gasteiger partial charge in [0.25, 0.3) is 0 Å². The van der Waals surface area contributed by atoms with Gasteiger partial charge in [0.2, 0.25) is 10.0 Å². The van der Waals surface area contributed by atoms with Crippen molar-refractivity contribution < 1.29 is 17.7 Å². The largest absolute Gasteiger partial charge is 0.380 e. The van der Waals surface area contributed by atoms with Crippen LogP contribution in [0.1, 0.15) is 23.7 Å². The molecule has 1 aromatic heterocycles. The van der Waals surface area contributed by atoms with Gasteiger partial charge >= 0.3 is 0 Å². The van der Waals surface area contributed by atoms with Gasteiger partial charge in [-0.05, 0) is 18.1 Å². The average molecular weight is 436 g/mol. The second kappa shape index (κ2) is 10.6. The molecule has 0 amide bonds. The van der Waals surface area contributed by atoms with Crippen molar-refractivity contribution in [2.24, 2.45) is 4.99 Å². The zero-order valence-corrected chi connectivity index (χ0v) is 18.3. The van der Waals surface area contributed by atoms with E-state index in [1.165, 1.54) is 10.6 Å². The van der Waals surface area contributed by atoms with Crippen molar-refractivity contribution in [2.75, 3.05) is 39.8 Å². The van der Waals surface area contributed by atoms with Crippen LogP contribution in [0, 0.1) is 0 Å². The van der Waals surface area contributed by atoms with E-state index >= 15 is 0 Å². The van der Waals surface area contributed by atoms with E-state index in [0.29, 0.717) is 45.0 Å². The number of hydrogen-bond acceptors (Lipinski definition) is 6. The van der Waals surface area contributed by atoms with Crippen LogP contribution in [0.5, 0.6) is 0 Å². The van der Waals surface area contributed by atoms with Crippen molar-refractivity contribution in [3.05, 3.63) is 53.4 Å². The molecule has 1 aliphatic rings. The summed E-state index contributed by atoms with van der Waals surface area (Å²) in [7, 11) is -1.74. The Bertz CT molecular complexity index is 922. The summed E-state index contributed by atoms with van der Waals surface area (Å²) in [4.78, 5) is 6.89. The topological polar surface area (TPSA) is 100 Å². The molecule has 30 heavy (non-hydrogen) atoms. The van der Waals surface area contributed by atoms with E-state index in [4.69, 9.17) is 14.3 Å². The number of nitrogens with one attached hydrogen (secondary N) is 1. The van der Waals surface area contributed by atoms with Crippen molar-refractivity contribution in [3.63, 3.8) is 0 Å². The third-order valence-corrected chi connectivity index (χ3v) is 6.72. The molecule has 0 bridgehead atoms. The number of rotatable bonds is 8. The lowest BCUT2D eigenvalue weighted by atomic mass is 10.1. The summed E-state index contributed by atoms with van der Waals surface area (Å²) in [5.74, 6) is 0.645. The fraction of sp³-hybridized carbons (Fsp3) is 0.500. The summed E-state index contributed by atoms with van der Waals surface area (Å²) in [6.07, 6.45) is 1.38. The Morgan fingerprint density at radius 2 is 1.93 bits per heavy atom. The lowest BCUT2D eigenvalue weighted by molar-refractivity contribution is 0.184. The van der Waals surface area contributed by atoms with Crippen LogP contribution in [-0.2, 0) is 33.7 Å². The number of sulfonamides is 1. The molecule has 0 spiro atoms. The zero-order valence-electron chi connectivity index (χ0n) is 17.5. The van der Waals surface area contributed by atoms with Crippen molar-refractivity contribution in [1.82, 2.24) is 19.7 Å². The van der Waals surface area contributed by atoms with Gasteiger partial charge in [0, 0.05) is 45.9 Å². The standard InChI is InChI=1S/C20H29N5O4S/c1-3-21-20(22-14-17-6-4-5-7-18(17)15-28-2)24-9-11-25(12-10-24)30(26,27)16-19-8-13-29-23-19/h4-8,13H,3,9-12,14-16H2,1-2H3,(H,21,22). The number of aromatic nitrogens is 1. The number of aliphatic imine (C=N–C) groups is 1. The average Bonchev–Trinajstić information content (AvgIpc) is 3.25. The molecule has 0 saturated carbocycles. The Balaban J connectivity index is 1.63. The molecule has 10 heteroatoms. The van der Waals surface area contributed by atoms with E-state index in [1.807, 2.05) is 25.1 Å². The lowest BCUT2D eigenvalue weighted by Gasteiger charge is -2.35. The minimum atomic E-state index is -3.42. The molecule has 1 saturated heterocycles. The van der Waals surface area contributed by atoms with Crippen LogP contribution in [-0.4, -0.2) is 68.6 Å². The van der Waals surface area contributed by atoms with E-state index in [9.17, 15) is 8.42 Å². The van der Waals surface area contributed by atoms with E-state index in [0.717, 1.165) is 23.6 Å². The Kier molecular flexibility index (Phi) is 7.83. The number of benzene rings is 1. The number of guanidine groups is 1. The molecule has 0 aliphatic carbocycles. The van der Waals surface area contributed by atoms with Crippen LogP contribution >= 0.6 is 0 Å².